The molecule has 3 aromatic rings. The molecule has 0 aliphatic carbocycles. The van der Waals surface area contributed by atoms with Crippen LogP contribution >= 0.6 is 0 Å². The standard InChI is InChI=1S/C17H12O7/c1-21-16-8(3-2-4-10(16)18)9-6-22-11-5-12-17(24-7-23-12)15(20)13(11)14(9)19/h2-6,18,20H,7H2,1H3. The summed E-state index contributed by atoms with van der Waals surface area (Å²) in [6, 6.07) is 6.12. The first-order valence-electron chi connectivity index (χ1n) is 7.05. The smallest absolute Gasteiger partial charge is 0.231 e. The van der Waals surface area contributed by atoms with E-state index < -0.39 is 5.43 Å². The largest absolute Gasteiger partial charge is 0.504 e. The Kier molecular flexibility index (Phi) is 3.02. The molecule has 24 heavy (non-hydrogen) atoms. The highest BCUT2D eigenvalue weighted by atomic mass is 16.7. The second-order valence-corrected chi connectivity index (χ2v) is 5.17. The summed E-state index contributed by atoms with van der Waals surface area (Å²) in [7, 11) is 1.39. The zero-order valence-electron chi connectivity index (χ0n) is 12.5. The molecule has 0 radical (unpaired) electrons. The maximum Gasteiger partial charge on any atom is 0.231 e. The van der Waals surface area contributed by atoms with E-state index >= 15 is 0 Å². The molecule has 0 bridgehead atoms. The third-order valence-corrected chi connectivity index (χ3v) is 3.87. The van der Waals surface area contributed by atoms with Crippen LogP contribution < -0.4 is 19.6 Å². The van der Waals surface area contributed by atoms with Crippen LogP contribution in [0.25, 0.3) is 22.1 Å². The second-order valence-electron chi connectivity index (χ2n) is 5.17. The van der Waals surface area contributed by atoms with Crippen molar-refractivity contribution in [2.45, 2.75) is 0 Å². The van der Waals surface area contributed by atoms with E-state index in [1.165, 1.54) is 25.5 Å². The highest BCUT2D eigenvalue weighted by molar-refractivity contribution is 5.92. The van der Waals surface area contributed by atoms with Crippen molar-refractivity contribution in [3.8, 4) is 39.9 Å². The molecule has 122 valence electrons. The van der Waals surface area contributed by atoms with Gasteiger partial charge < -0.3 is 28.8 Å². The summed E-state index contributed by atoms with van der Waals surface area (Å²) in [5.74, 6) is 0.115. The van der Waals surface area contributed by atoms with Crippen LogP contribution in [0.4, 0.5) is 0 Å². The van der Waals surface area contributed by atoms with Gasteiger partial charge in [-0.1, -0.05) is 12.1 Å². The van der Waals surface area contributed by atoms with Gasteiger partial charge in [-0.05, 0) is 6.07 Å². The van der Waals surface area contributed by atoms with Crippen LogP contribution in [0.15, 0.2) is 39.7 Å². The summed E-state index contributed by atoms with van der Waals surface area (Å²) < 4.78 is 21.0. The zero-order valence-corrected chi connectivity index (χ0v) is 12.5. The van der Waals surface area contributed by atoms with Gasteiger partial charge in [-0.3, -0.25) is 4.79 Å². The summed E-state index contributed by atoms with van der Waals surface area (Å²) in [5.41, 5.74) is 0.190. The second kappa shape index (κ2) is 5.09. The number of rotatable bonds is 2. The number of phenols is 2. The molecule has 1 aliphatic rings. The fraction of sp³-hybridized carbons (Fsp3) is 0.118. The minimum absolute atomic E-state index is 0.0258. The third-order valence-electron chi connectivity index (χ3n) is 3.87. The number of methoxy groups -OCH3 is 1. The van der Waals surface area contributed by atoms with Crippen LogP contribution in [-0.4, -0.2) is 24.1 Å². The number of hydrogen-bond acceptors (Lipinski definition) is 7. The Hall–Kier alpha value is -3.35. The van der Waals surface area contributed by atoms with Gasteiger partial charge in [-0.2, -0.15) is 0 Å². The topological polar surface area (TPSA) is 98.4 Å². The number of para-hydroxylation sites is 1. The summed E-state index contributed by atoms with van der Waals surface area (Å²) in [6.07, 6.45) is 1.25. The van der Waals surface area contributed by atoms with Gasteiger partial charge in [0.1, 0.15) is 17.2 Å². The van der Waals surface area contributed by atoms with Crippen LogP contribution in [0.1, 0.15) is 0 Å². The average molecular weight is 328 g/mol. The normalized spacial score (nSPS) is 12.5. The molecule has 7 nitrogen and oxygen atoms in total. The number of ether oxygens (including phenoxy) is 3. The van der Waals surface area contributed by atoms with Crippen LogP contribution in [0.3, 0.4) is 0 Å². The summed E-state index contributed by atoms with van der Waals surface area (Å²) >= 11 is 0. The van der Waals surface area contributed by atoms with Crippen molar-refractivity contribution in [3.63, 3.8) is 0 Å². The molecule has 0 saturated carbocycles. The Labute approximate surface area is 135 Å². The van der Waals surface area contributed by atoms with E-state index in [2.05, 4.69) is 0 Å². The minimum Gasteiger partial charge on any atom is -0.504 e. The Morgan fingerprint density at radius 3 is 2.79 bits per heavy atom. The third kappa shape index (κ3) is 1.88. The Morgan fingerprint density at radius 1 is 1.17 bits per heavy atom. The van der Waals surface area contributed by atoms with Crippen LogP contribution in [0.2, 0.25) is 0 Å². The molecule has 4 rings (SSSR count). The molecule has 2 N–H and O–H groups in total. The van der Waals surface area contributed by atoms with Gasteiger partial charge in [0.2, 0.25) is 18.0 Å². The maximum absolute atomic E-state index is 12.9. The van der Waals surface area contributed by atoms with Gasteiger partial charge in [-0.25, -0.2) is 0 Å². The molecule has 0 spiro atoms. The molecule has 2 aromatic carbocycles. The predicted octanol–water partition coefficient (Wildman–Crippen LogP) is 2.61. The molecule has 2 heterocycles. The quantitative estimate of drug-likeness (QED) is 0.746. The molecular weight excluding hydrogens is 316 g/mol. The van der Waals surface area contributed by atoms with E-state index in [0.29, 0.717) is 11.3 Å². The summed E-state index contributed by atoms with van der Waals surface area (Å²) in [5, 5.41) is 20.2. The van der Waals surface area contributed by atoms with E-state index in [-0.39, 0.29) is 46.3 Å². The van der Waals surface area contributed by atoms with Crippen LogP contribution in [0.5, 0.6) is 28.7 Å². The molecule has 0 atom stereocenters. The number of fused-ring (bicyclic) bond motifs is 2. The van der Waals surface area contributed by atoms with E-state index in [1.807, 2.05) is 0 Å². The van der Waals surface area contributed by atoms with Crippen molar-refractivity contribution >= 4 is 11.0 Å². The van der Waals surface area contributed by atoms with Crippen LogP contribution in [-0.2, 0) is 0 Å². The van der Waals surface area contributed by atoms with Crippen molar-refractivity contribution in [2.75, 3.05) is 13.9 Å². The van der Waals surface area contributed by atoms with Crippen molar-refractivity contribution in [3.05, 3.63) is 40.8 Å². The van der Waals surface area contributed by atoms with E-state index in [4.69, 9.17) is 18.6 Å². The lowest BCUT2D eigenvalue weighted by Gasteiger charge is -2.10. The first kappa shape index (κ1) is 14.3. The highest BCUT2D eigenvalue weighted by Gasteiger charge is 2.25. The molecule has 7 heteroatoms. The van der Waals surface area contributed by atoms with Crippen molar-refractivity contribution in [2.24, 2.45) is 0 Å². The maximum atomic E-state index is 12.9. The Bertz CT molecular complexity index is 1020. The van der Waals surface area contributed by atoms with Crippen molar-refractivity contribution in [1.82, 2.24) is 0 Å². The lowest BCUT2D eigenvalue weighted by Crippen LogP contribution is -2.06. The van der Waals surface area contributed by atoms with E-state index in [9.17, 15) is 15.0 Å². The Morgan fingerprint density at radius 2 is 2.00 bits per heavy atom. The molecule has 0 saturated heterocycles. The van der Waals surface area contributed by atoms with Gasteiger partial charge in [0.25, 0.3) is 0 Å². The lowest BCUT2D eigenvalue weighted by molar-refractivity contribution is 0.171. The van der Waals surface area contributed by atoms with Gasteiger partial charge in [0, 0.05) is 11.6 Å². The fourth-order valence-electron chi connectivity index (χ4n) is 2.76. The average Bonchev–Trinajstić information content (AvgIpc) is 3.04. The minimum atomic E-state index is -0.476. The molecular formula is C17H12O7. The summed E-state index contributed by atoms with van der Waals surface area (Å²) in [6.45, 7) is -0.0410. The fourth-order valence-corrected chi connectivity index (χ4v) is 2.76. The lowest BCUT2D eigenvalue weighted by atomic mass is 10.0. The molecule has 0 amide bonds. The first-order chi connectivity index (χ1) is 11.6. The van der Waals surface area contributed by atoms with Gasteiger partial charge in [0.15, 0.2) is 23.0 Å². The monoisotopic (exact) mass is 328 g/mol. The number of benzene rings is 2. The van der Waals surface area contributed by atoms with E-state index in [0.717, 1.165) is 0 Å². The molecule has 1 aromatic heterocycles. The Balaban J connectivity index is 2.05. The number of hydrogen-bond donors (Lipinski definition) is 2. The molecule has 0 unspecified atom stereocenters. The van der Waals surface area contributed by atoms with Gasteiger partial charge >= 0.3 is 0 Å². The van der Waals surface area contributed by atoms with Gasteiger partial charge in [0.05, 0.1) is 12.7 Å². The zero-order chi connectivity index (χ0) is 16.8. The molecule has 1 aliphatic heterocycles. The first-order valence-corrected chi connectivity index (χ1v) is 7.05. The summed E-state index contributed by atoms with van der Waals surface area (Å²) in [4.78, 5) is 12.9. The van der Waals surface area contributed by atoms with Gasteiger partial charge in [-0.15, -0.1) is 0 Å². The van der Waals surface area contributed by atoms with Crippen molar-refractivity contribution in [1.29, 1.82) is 0 Å². The SMILES string of the molecule is COc1c(O)cccc1-c1coc2cc3c(c(O)c2c1=O)OCO3. The van der Waals surface area contributed by atoms with Crippen LogP contribution in [0, 0.1) is 0 Å². The predicted molar refractivity (Wildman–Crippen MR) is 83.9 cm³/mol. The number of phenolic OH excluding ortho intramolecular Hbond substituents is 2. The van der Waals surface area contributed by atoms with E-state index in [1.54, 1.807) is 12.1 Å². The molecule has 0 fully saturated rings. The number of aromatic hydroxyl groups is 2. The van der Waals surface area contributed by atoms with Crippen molar-refractivity contribution < 1.29 is 28.8 Å². The highest BCUT2D eigenvalue weighted by Crippen LogP contribution is 2.45.